The van der Waals surface area contributed by atoms with E-state index in [1.165, 1.54) is 19.3 Å². The molecule has 14 heavy (non-hydrogen) atoms. The smallest absolute Gasteiger partial charge is 0.0574 e. The first-order valence-corrected chi connectivity index (χ1v) is 6.35. The number of rotatable bonds is 1. The summed E-state index contributed by atoms with van der Waals surface area (Å²) in [5.41, 5.74) is 0. The van der Waals surface area contributed by atoms with Gasteiger partial charge in [-0.3, -0.25) is 0 Å². The van der Waals surface area contributed by atoms with Crippen LogP contribution in [0.5, 0.6) is 0 Å². The Balaban J connectivity index is 1.77. The molecule has 1 heteroatoms. The van der Waals surface area contributed by atoms with Crippen LogP contribution in [-0.2, 0) is 0 Å². The summed E-state index contributed by atoms with van der Waals surface area (Å²) in [5, 5.41) is 9.89. The van der Waals surface area contributed by atoms with Gasteiger partial charge in [-0.05, 0) is 61.2 Å². The summed E-state index contributed by atoms with van der Waals surface area (Å²) < 4.78 is 0. The summed E-state index contributed by atoms with van der Waals surface area (Å²) in [6.45, 7) is 4.73. The third-order valence-corrected chi connectivity index (χ3v) is 5.41. The maximum absolute atomic E-state index is 9.89. The van der Waals surface area contributed by atoms with E-state index in [1.807, 2.05) is 0 Å². The van der Waals surface area contributed by atoms with E-state index in [0.29, 0.717) is 5.92 Å². The van der Waals surface area contributed by atoms with Crippen LogP contribution in [0.15, 0.2) is 0 Å². The van der Waals surface area contributed by atoms with E-state index in [2.05, 4.69) is 13.8 Å². The molecule has 0 spiro atoms. The van der Waals surface area contributed by atoms with Crippen molar-refractivity contribution >= 4 is 0 Å². The molecule has 0 radical (unpaired) electrons. The average Bonchev–Trinajstić information content (AvgIpc) is 2.70. The topological polar surface area (TPSA) is 20.2 Å². The lowest BCUT2D eigenvalue weighted by atomic mass is 9.80. The molecule has 6 atom stereocenters. The van der Waals surface area contributed by atoms with Crippen LogP contribution in [0.25, 0.3) is 0 Å². The highest BCUT2D eigenvalue weighted by atomic mass is 16.3. The normalized spacial score (nSPS) is 55.7. The average molecular weight is 194 g/mol. The van der Waals surface area contributed by atoms with Crippen molar-refractivity contribution in [2.45, 2.75) is 45.6 Å². The molecule has 2 bridgehead atoms. The van der Waals surface area contributed by atoms with Gasteiger partial charge in [0.05, 0.1) is 6.10 Å². The van der Waals surface area contributed by atoms with E-state index < -0.39 is 0 Å². The molecule has 0 aromatic carbocycles. The molecule has 0 aromatic rings. The first-order valence-electron chi connectivity index (χ1n) is 6.35. The Bertz CT molecular complexity index is 235. The van der Waals surface area contributed by atoms with Gasteiger partial charge in [-0.15, -0.1) is 0 Å². The predicted molar refractivity (Wildman–Crippen MR) is 56.8 cm³/mol. The molecule has 0 heterocycles. The molecule has 0 saturated heterocycles. The highest BCUT2D eigenvalue weighted by Crippen LogP contribution is 2.60. The number of aliphatic hydroxyl groups excluding tert-OH is 1. The van der Waals surface area contributed by atoms with Crippen LogP contribution < -0.4 is 0 Å². The molecule has 0 aliphatic heterocycles. The van der Waals surface area contributed by atoms with E-state index in [1.54, 1.807) is 0 Å². The van der Waals surface area contributed by atoms with Crippen LogP contribution in [0.2, 0.25) is 0 Å². The van der Waals surface area contributed by atoms with E-state index in [4.69, 9.17) is 0 Å². The fourth-order valence-corrected chi connectivity index (χ4v) is 4.62. The second-order valence-corrected chi connectivity index (χ2v) is 6.27. The van der Waals surface area contributed by atoms with Crippen molar-refractivity contribution < 1.29 is 5.11 Å². The Morgan fingerprint density at radius 2 is 1.64 bits per heavy atom. The van der Waals surface area contributed by atoms with Gasteiger partial charge < -0.3 is 5.11 Å². The molecule has 3 aliphatic carbocycles. The van der Waals surface area contributed by atoms with Crippen LogP contribution in [0.3, 0.4) is 0 Å². The first kappa shape index (κ1) is 9.21. The number of hydrogen-bond donors (Lipinski definition) is 1. The van der Waals surface area contributed by atoms with Gasteiger partial charge >= 0.3 is 0 Å². The van der Waals surface area contributed by atoms with Crippen LogP contribution in [0.1, 0.15) is 39.5 Å². The fraction of sp³-hybridized carbons (Fsp3) is 1.00. The van der Waals surface area contributed by atoms with Crippen molar-refractivity contribution in [3.8, 4) is 0 Å². The summed E-state index contributed by atoms with van der Waals surface area (Å²) in [4.78, 5) is 0. The minimum atomic E-state index is 0.0622. The maximum Gasteiger partial charge on any atom is 0.0574 e. The second-order valence-electron chi connectivity index (χ2n) is 6.27. The Morgan fingerprint density at radius 3 is 2.36 bits per heavy atom. The minimum absolute atomic E-state index is 0.0622. The van der Waals surface area contributed by atoms with E-state index in [-0.39, 0.29) is 6.10 Å². The minimum Gasteiger partial charge on any atom is -0.393 e. The third kappa shape index (κ3) is 1.11. The second kappa shape index (κ2) is 2.98. The van der Waals surface area contributed by atoms with Crippen molar-refractivity contribution in [2.75, 3.05) is 0 Å². The third-order valence-electron chi connectivity index (χ3n) is 5.41. The van der Waals surface area contributed by atoms with Crippen molar-refractivity contribution in [1.29, 1.82) is 0 Å². The number of fused-ring (bicyclic) bond motifs is 5. The summed E-state index contributed by atoms with van der Waals surface area (Å²) in [6.07, 6.45) is 5.42. The van der Waals surface area contributed by atoms with Crippen LogP contribution in [0.4, 0.5) is 0 Å². The van der Waals surface area contributed by atoms with Gasteiger partial charge in [-0.1, -0.05) is 13.8 Å². The Labute approximate surface area is 86.9 Å². The van der Waals surface area contributed by atoms with Gasteiger partial charge in [0, 0.05) is 0 Å². The highest BCUT2D eigenvalue weighted by molar-refractivity contribution is 5.05. The molecule has 80 valence electrons. The van der Waals surface area contributed by atoms with Crippen molar-refractivity contribution in [2.24, 2.45) is 35.5 Å². The van der Waals surface area contributed by atoms with Gasteiger partial charge in [0.15, 0.2) is 0 Å². The van der Waals surface area contributed by atoms with Crippen LogP contribution >= 0.6 is 0 Å². The van der Waals surface area contributed by atoms with Gasteiger partial charge in [-0.25, -0.2) is 0 Å². The molecule has 0 amide bonds. The zero-order valence-electron chi connectivity index (χ0n) is 9.32. The highest BCUT2D eigenvalue weighted by Gasteiger charge is 2.55. The lowest BCUT2D eigenvalue weighted by Gasteiger charge is -2.28. The molecular formula is C13H22O. The SMILES string of the molecule is CC(C)C1CC2C3CC(O)C(C3)C2C1. The van der Waals surface area contributed by atoms with E-state index in [9.17, 15) is 5.11 Å². The lowest BCUT2D eigenvalue weighted by molar-refractivity contribution is 0.0639. The van der Waals surface area contributed by atoms with Crippen molar-refractivity contribution in [1.82, 2.24) is 0 Å². The molecule has 3 rings (SSSR count). The predicted octanol–water partition coefficient (Wildman–Crippen LogP) is 2.69. The summed E-state index contributed by atoms with van der Waals surface area (Å²) >= 11 is 0. The monoisotopic (exact) mass is 194 g/mol. The quantitative estimate of drug-likeness (QED) is 0.680. The summed E-state index contributed by atoms with van der Waals surface area (Å²) in [5.74, 6) is 5.29. The fourth-order valence-electron chi connectivity index (χ4n) is 4.62. The molecule has 3 aliphatic rings. The molecule has 3 saturated carbocycles. The largest absolute Gasteiger partial charge is 0.393 e. The summed E-state index contributed by atoms with van der Waals surface area (Å²) in [6, 6.07) is 0. The maximum atomic E-state index is 9.89. The van der Waals surface area contributed by atoms with Gasteiger partial charge in [-0.2, -0.15) is 0 Å². The van der Waals surface area contributed by atoms with Crippen LogP contribution in [0, 0.1) is 35.5 Å². The Kier molecular flexibility index (Phi) is 1.96. The molecule has 0 aromatic heterocycles. The summed E-state index contributed by atoms with van der Waals surface area (Å²) in [7, 11) is 0. The van der Waals surface area contributed by atoms with Gasteiger partial charge in [0.25, 0.3) is 0 Å². The van der Waals surface area contributed by atoms with Crippen molar-refractivity contribution in [3.63, 3.8) is 0 Å². The zero-order chi connectivity index (χ0) is 9.87. The Morgan fingerprint density at radius 1 is 0.929 bits per heavy atom. The number of hydrogen-bond acceptors (Lipinski definition) is 1. The van der Waals surface area contributed by atoms with E-state index >= 15 is 0 Å². The first-order chi connectivity index (χ1) is 6.66. The van der Waals surface area contributed by atoms with E-state index in [0.717, 1.165) is 36.0 Å². The van der Waals surface area contributed by atoms with Crippen LogP contribution in [-0.4, -0.2) is 11.2 Å². The van der Waals surface area contributed by atoms with Gasteiger partial charge in [0.1, 0.15) is 0 Å². The Hall–Kier alpha value is -0.0400. The molecule has 6 unspecified atom stereocenters. The molecule has 3 fully saturated rings. The molecule has 1 N–H and O–H groups in total. The standard InChI is InChI=1S/C13H22O/c1-7(2)8-3-10-9-5-12(11(10)4-8)13(14)6-9/h7-14H,3-6H2,1-2H3. The lowest BCUT2D eigenvalue weighted by Crippen LogP contribution is -2.27. The van der Waals surface area contributed by atoms with Gasteiger partial charge in [0.2, 0.25) is 0 Å². The molecule has 1 nitrogen and oxygen atoms in total. The van der Waals surface area contributed by atoms with Crippen molar-refractivity contribution in [3.05, 3.63) is 0 Å². The zero-order valence-corrected chi connectivity index (χ0v) is 9.32. The molecular weight excluding hydrogens is 172 g/mol. The number of aliphatic hydroxyl groups is 1.